The summed E-state index contributed by atoms with van der Waals surface area (Å²) in [5.41, 5.74) is 3.61. The van der Waals surface area contributed by atoms with E-state index < -0.39 is 12.8 Å². The smallest absolute Gasteiger partial charge is 0.422 e. The van der Waals surface area contributed by atoms with Crippen LogP contribution in [0.5, 0.6) is 5.88 Å². The number of rotatable bonds is 5. The van der Waals surface area contributed by atoms with E-state index >= 15 is 0 Å². The molecule has 25 heavy (non-hydrogen) atoms. The molecule has 1 aromatic carbocycles. The molecule has 0 fully saturated rings. The summed E-state index contributed by atoms with van der Waals surface area (Å²) in [6, 6.07) is 11.9. The van der Waals surface area contributed by atoms with Gasteiger partial charge in [0.15, 0.2) is 6.61 Å². The number of alkyl halides is 3. The number of benzene rings is 1. The van der Waals surface area contributed by atoms with Gasteiger partial charge in [0, 0.05) is 30.6 Å². The van der Waals surface area contributed by atoms with Gasteiger partial charge in [-0.25, -0.2) is 4.98 Å². The van der Waals surface area contributed by atoms with Crippen molar-refractivity contribution in [2.75, 3.05) is 18.1 Å². The van der Waals surface area contributed by atoms with Gasteiger partial charge in [0.2, 0.25) is 5.88 Å². The van der Waals surface area contributed by atoms with Crippen molar-refractivity contribution in [2.24, 2.45) is 0 Å². The minimum absolute atomic E-state index is 0.0172. The van der Waals surface area contributed by atoms with Crippen molar-refractivity contribution >= 4 is 11.8 Å². The predicted molar refractivity (Wildman–Crippen MR) is 92.8 cm³/mol. The average molecular weight is 368 g/mol. The van der Waals surface area contributed by atoms with Gasteiger partial charge in [-0.1, -0.05) is 30.3 Å². The minimum atomic E-state index is -4.35. The molecule has 0 saturated heterocycles. The molecule has 3 rings (SSSR count). The number of halogens is 3. The first-order valence-corrected chi connectivity index (χ1v) is 9.20. The molecule has 1 N–H and O–H groups in total. The minimum Gasteiger partial charge on any atom is -0.468 e. The highest BCUT2D eigenvalue weighted by atomic mass is 32.2. The summed E-state index contributed by atoms with van der Waals surface area (Å²) in [7, 11) is 0. The molecule has 3 nitrogen and oxygen atoms in total. The van der Waals surface area contributed by atoms with Crippen molar-refractivity contribution in [1.29, 1.82) is 0 Å². The number of pyridine rings is 1. The largest absolute Gasteiger partial charge is 0.468 e. The van der Waals surface area contributed by atoms with E-state index in [1.54, 1.807) is 12.3 Å². The standard InChI is InChI=1S/C18H19F3N2OS/c19-18(20,21)12-24-17-6-5-13(10-23-17)9-22-16-11-25-8-7-14-3-1-2-4-15(14)16/h1-6,10,16,22H,7-9,11-12H2/t16-/m1/s1. The first kappa shape index (κ1) is 18.1. The highest BCUT2D eigenvalue weighted by molar-refractivity contribution is 7.99. The Morgan fingerprint density at radius 3 is 2.80 bits per heavy atom. The lowest BCUT2D eigenvalue weighted by Gasteiger charge is -2.19. The van der Waals surface area contributed by atoms with Crippen LogP contribution in [0.2, 0.25) is 0 Å². The van der Waals surface area contributed by atoms with Gasteiger partial charge in [-0.15, -0.1) is 0 Å². The summed E-state index contributed by atoms with van der Waals surface area (Å²) in [6.07, 6.45) is -1.73. The summed E-state index contributed by atoms with van der Waals surface area (Å²) in [6.45, 7) is -0.722. The zero-order valence-corrected chi connectivity index (χ0v) is 14.4. The van der Waals surface area contributed by atoms with Crippen LogP contribution in [-0.2, 0) is 13.0 Å². The molecule has 1 atom stereocenters. The molecule has 0 saturated carbocycles. The summed E-state index contributed by atoms with van der Waals surface area (Å²) in [5, 5.41) is 3.53. The van der Waals surface area contributed by atoms with Gasteiger partial charge in [-0.05, 0) is 28.9 Å². The monoisotopic (exact) mass is 368 g/mol. The molecule has 134 valence electrons. The van der Waals surface area contributed by atoms with Crippen molar-refractivity contribution in [3.05, 3.63) is 59.3 Å². The first-order valence-electron chi connectivity index (χ1n) is 8.05. The number of ether oxygens (including phenoxy) is 1. The van der Waals surface area contributed by atoms with Crippen LogP contribution in [0.3, 0.4) is 0 Å². The van der Waals surface area contributed by atoms with Crippen LogP contribution in [-0.4, -0.2) is 29.3 Å². The molecule has 0 aliphatic carbocycles. The van der Waals surface area contributed by atoms with E-state index in [1.165, 1.54) is 17.2 Å². The van der Waals surface area contributed by atoms with Crippen LogP contribution in [0.15, 0.2) is 42.6 Å². The molecule has 2 aromatic rings. The van der Waals surface area contributed by atoms with Crippen molar-refractivity contribution in [1.82, 2.24) is 10.3 Å². The second-order valence-corrected chi connectivity index (χ2v) is 7.02. The van der Waals surface area contributed by atoms with E-state index in [0.717, 1.165) is 23.5 Å². The third-order valence-electron chi connectivity index (χ3n) is 3.96. The highest BCUT2D eigenvalue weighted by Crippen LogP contribution is 2.27. The molecule has 1 aliphatic heterocycles. The quantitative estimate of drug-likeness (QED) is 0.860. The molecule has 1 aliphatic rings. The molecular weight excluding hydrogens is 349 g/mol. The van der Waals surface area contributed by atoms with Crippen LogP contribution in [0.4, 0.5) is 13.2 Å². The lowest BCUT2D eigenvalue weighted by molar-refractivity contribution is -0.154. The van der Waals surface area contributed by atoms with Crippen LogP contribution < -0.4 is 10.1 Å². The number of hydrogen-bond donors (Lipinski definition) is 1. The average Bonchev–Trinajstić information content (AvgIpc) is 2.81. The lowest BCUT2D eigenvalue weighted by atomic mass is 9.99. The number of aryl methyl sites for hydroxylation is 1. The van der Waals surface area contributed by atoms with E-state index in [4.69, 9.17) is 0 Å². The van der Waals surface area contributed by atoms with Crippen molar-refractivity contribution in [3.8, 4) is 5.88 Å². The third kappa shape index (κ3) is 5.37. The van der Waals surface area contributed by atoms with Crippen LogP contribution in [0.25, 0.3) is 0 Å². The number of thioether (sulfide) groups is 1. The SMILES string of the molecule is FC(F)(F)COc1ccc(CN[C@@H]2CSCCc3ccccc32)cn1. The van der Waals surface area contributed by atoms with Gasteiger partial charge in [0.05, 0.1) is 0 Å². The van der Waals surface area contributed by atoms with E-state index in [2.05, 4.69) is 39.3 Å². The van der Waals surface area contributed by atoms with Gasteiger partial charge < -0.3 is 10.1 Å². The van der Waals surface area contributed by atoms with Crippen LogP contribution >= 0.6 is 11.8 Å². The van der Waals surface area contributed by atoms with Gasteiger partial charge in [-0.2, -0.15) is 24.9 Å². The van der Waals surface area contributed by atoms with Crippen LogP contribution in [0, 0.1) is 0 Å². The summed E-state index contributed by atoms with van der Waals surface area (Å²) >= 11 is 1.92. The van der Waals surface area contributed by atoms with E-state index in [-0.39, 0.29) is 11.9 Å². The normalized spacial score (nSPS) is 17.6. The lowest BCUT2D eigenvalue weighted by Crippen LogP contribution is -2.23. The van der Waals surface area contributed by atoms with E-state index in [9.17, 15) is 13.2 Å². The topological polar surface area (TPSA) is 34.1 Å². The predicted octanol–water partition coefficient (Wildman–Crippen LogP) is 4.14. The molecule has 1 aromatic heterocycles. The summed E-state index contributed by atoms with van der Waals surface area (Å²) in [4.78, 5) is 3.94. The number of hydrogen-bond acceptors (Lipinski definition) is 4. The molecule has 0 unspecified atom stereocenters. The molecular formula is C18H19F3N2OS. The number of nitrogens with one attached hydrogen (secondary N) is 1. The second kappa shape index (κ2) is 8.10. The van der Waals surface area contributed by atoms with E-state index in [0.29, 0.717) is 6.54 Å². The fourth-order valence-corrected chi connectivity index (χ4v) is 3.81. The zero-order valence-electron chi connectivity index (χ0n) is 13.6. The molecule has 0 bridgehead atoms. The van der Waals surface area contributed by atoms with Gasteiger partial charge in [0.25, 0.3) is 0 Å². The van der Waals surface area contributed by atoms with Crippen molar-refractivity contribution in [3.63, 3.8) is 0 Å². The van der Waals surface area contributed by atoms with E-state index in [1.807, 2.05) is 11.8 Å². The second-order valence-electron chi connectivity index (χ2n) is 5.87. The molecule has 2 heterocycles. The Morgan fingerprint density at radius 2 is 2.04 bits per heavy atom. The molecule has 0 amide bonds. The Morgan fingerprint density at radius 1 is 1.20 bits per heavy atom. The summed E-state index contributed by atoms with van der Waals surface area (Å²) in [5.74, 6) is 2.09. The molecule has 0 radical (unpaired) electrons. The maximum absolute atomic E-state index is 12.1. The fourth-order valence-electron chi connectivity index (χ4n) is 2.74. The van der Waals surface area contributed by atoms with Gasteiger partial charge >= 0.3 is 6.18 Å². The highest BCUT2D eigenvalue weighted by Gasteiger charge is 2.28. The van der Waals surface area contributed by atoms with Crippen LogP contribution in [0.1, 0.15) is 22.7 Å². The zero-order chi connectivity index (χ0) is 17.7. The maximum Gasteiger partial charge on any atom is 0.422 e. The fraction of sp³-hybridized carbons (Fsp3) is 0.389. The Hall–Kier alpha value is -1.73. The van der Waals surface area contributed by atoms with Gasteiger partial charge in [0.1, 0.15) is 0 Å². The van der Waals surface area contributed by atoms with Crippen molar-refractivity contribution in [2.45, 2.75) is 25.2 Å². The Labute approximate surface area is 149 Å². The van der Waals surface area contributed by atoms with Gasteiger partial charge in [-0.3, -0.25) is 0 Å². The Kier molecular flexibility index (Phi) is 5.86. The number of nitrogens with zero attached hydrogens (tertiary/aromatic N) is 1. The maximum atomic E-state index is 12.1. The summed E-state index contributed by atoms with van der Waals surface area (Å²) < 4.78 is 41.0. The Balaban J connectivity index is 1.58. The third-order valence-corrected chi connectivity index (χ3v) is 5.03. The number of fused-ring (bicyclic) bond motifs is 1. The molecule has 0 spiro atoms. The number of aromatic nitrogens is 1. The first-order chi connectivity index (χ1) is 12.0. The Bertz CT molecular complexity index is 691. The molecule has 7 heteroatoms. The van der Waals surface area contributed by atoms with Crippen molar-refractivity contribution < 1.29 is 17.9 Å².